The zero-order chi connectivity index (χ0) is 14.4. The molecule has 1 aliphatic heterocycles. The van der Waals surface area contributed by atoms with Crippen molar-refractivity contribution in [1.82, 2.24) is 5.32 Å². The molecule has 1 aromatic carbocycles. The molecule has 2 atom stereocenters. The standard InChI is InChI=1S/C15H22N2O3/c1-3-6-11(10-19-2)17-15(18)14-9-16-12-7-4-5-8-13(12)20-14/h4-5,7-8,11,14,16H,3,6,9-10H2,1-2H3,(H,17,18). The van der Waals surface area contributed by atoms with Gasteiger partial charge in [0.25, 0.3) is 5.91 Å². The Labute approximate surface area is 119 Å². The lowest BCUT2D eigenvalue weighted by Crippen LogP contribution is -2.49. The molecular weight excluding hydrogens is 256 g/mol. The van der Waals surface area contributed by atoms with Crippen molar-refractivity contribution in [2.24, 2.45) is 0 Å². The van der Waals surface area contributed by atoms with Crippen LogP contribution in [0, 0.1) is 0 Å². The van der Waals surface area contributed by atoms with Crippen molar-refractivity contribution in [3.63, 3.8) is 0 Å². The van der Waals surface area contributed by atoms with Crippen LogP contribution in [0.2, 0.25) is 0 Å². The van der Waals surface area contributed by atoms with E-state index >= 15 is 0 Å². The van der Waals surface area contributed by atoms with Gasteiger partial charge in [0.2, 0.25) is 0 Å². The summed E-state index contributed by atoms with van der Waals surface area (Å²) in [5.74, 6) is 0.625. The summed E-state index contributed by atoms with van der Waals surface area (Å²) < 4.78 is 10.9. The van der Waals surface area contributed by atoms with Gasteiger partial charge in [-0.3, -0.25) is 4.79 Å². The minimum Gasteiger partial charge on any atom is -0.477 e. The highest BCUT2D eigenvalue weighted by Crippen LogP contribution is 2.28. The van der Waals surface area contributed by atoms with Crippen molar-refractivity contribution in [2.45, 2.75) is 31.9 Å². The molecule has 0 spiro atoms. The topological polar surface area (TPSA) is 59.6 Å². The van der Waals surface area contributed by atoms with E-state index in [1.807, 2.05) is 24.3 Å². The van der Waals surface area contributed by atoms with E-state index < -0.39 is 6.10 Å². The summed E-state index contributed by atoms with van der Waals surface area (Å²) >= 11 is 0. The fourth-order valence-corrected chi connectivity index (χ4v) is 2.30. The normalized spacial score (nSPS) is 18.4. The van der Waals surface area contributed by atoms with Gasteiger partial charge in [-0.15, -0.1) is 0 Å². The van der Waals surface area contributed by atoms with E-state index in [0.29, 0.717) is 13.2 Å². The number of rotatable bonds is 6. The molecule has 2 N–H and O–H groups in total. The molecule has 5 nitrogen and oxygen atoms in total. The average Bonchev–Trinajstić information content (AvgIpc) is 2.47. The van der Waals surface area contributed by atoms with E-state index in [0.717, 1.165) is 24.3 Å². The Hall–Kier alpha value is -1.75. The van der Waals surface area contributed by atoms with E-state index in [-0.39, 0.29) is 11.9 Å². The number of hydrogen-bond donors (Lipinski definition) is 2. The van der Waals surface area contributed by atoms with Gasteiger partial charge in [0.05, 0.1) is 24.9 Å². The number of carbonyl (C=O) groups is 1. The summed E-state index contributed by atoms with van der Waals surface area (Å²) in [6.07, 6.45) is 1.40. The van der Waals surface area contributed by atoms with Gasteiger partial charge in [0.1, 0.15) is 5.75 Å². The van der Waals surface area contributed by atoms with Crippen molar-refractivity contribution in [3.8, 4) is 5.75 Å². The van der Waals surface area contributed by atoms with Gasteiger partial charge in [0.15, 0.2) is 6.10 Å². The number of ether oxygens (including phenoxy) is 2. The first-order chi connectivity index (χ1) is 9.74. The van der Waals surface area contributed by atoms with Gasteiger partial charge < -0.3 is 20.1 Å². The van der Waals surface area contributed by atoms with Crippen molar-refractivity contribution < 1.29 is 14.3 Å². The first-order valence-electron chi connectivity index (χ1n) is 7.03. The van der Waals surface area contributed by atoms with Gasteiger partial charge in [-0.05, 0) is 18.6 Å². The molecule has 0 aromatic heterocycles. The molecule has 0 radical (unpaired) electrons. The Morgan fingerprint density at radius 3 is 3.10 bits per heavy atom. The molecule has 20 heavy (non-hydrogen) atoms. The first kappa shape index (κ1) is 14.7. The molecule has 1 aliphatic rings. The predicted octanol–water partition coefficient (Wildman–Crippen LogP) is 1.79. The number of benzene rings is 1. The number of carbonyl (C=O) groups excluding carboxylic acids is 1. The second kappa shape index (κ2) is 7.14. The third-order valence-corrected chi connectivity index (χ3v) is 3.28. The zero-order valence-electron chi connectivity index (χ0n) is 12.0. The van der Waals surface area contributed by atoms with Crippen LogP contribution in [0.25, 0.3) is 0 Å². The van der Waals surface area contributed by atoms with Crippen LogP contribution in [0.5, 0.6) is 5.75 Å². The number of methoxy groups -OCH3 is 1. The summed E-state index contributed by atoms with van der Waals surface area (Å²) in [4.78, 5) is 12.2. The maximum atomic E-state index is 12.2. The summed E-state index contributed by atoms with van der Waals surface area (Å²) in [5, 5.41) is 6.20. The first-order valence-corrected chi connectivity index (χ1v) is 7.03. The van der Waals surface area contributed by atoms with Crippen LogP contribution in [0.15, 0.2) is 24.3 Å². The third kappa shape index (κ3) is 3.63. The minimum absolute atomic E-state index is 0.0401. The van der Waals surface area contributed by atoms with Crippen LogP contribution in [-0.2, 0) is 9.53 Å². The van der Waals surface area contributed by atoms with Crippen LogP contribution in [0.3, 0.4) is 0 Å². The Morgan fingerprint density at radius 1 is 1.55 bits per heavy atom. The Balaban J connectivity index is 1.93. The highest BCUT2D eigenvalue weighted by Gasteiger charge is 2.27. The highest BCUT2D eigenvalue weighted by atomic mass is 16.5. The van der Waals surface area contributed by atoms with E-state index in [9.17, 15) is 4.79 Å². The number of fused-ring (bicyclic) bond motifs is 1. The molecule has 110 valence electrons. The number of amides is 1. The van der Waals surface area contributed by atoms with Gasteiger partial charge in [-0.1, -0.05) is 25.5 Å². The summed E-state index contributed by atoms with van der Waals surface area (Å²) in [7, 11) is 1.64. The van der Waals surface area contributed by atoms with Crippen LogP contribution in [-0.4, -0.2) is 38.3 Å². The molecule has 0 saturated carbocycles. The number of para-hydroxylation sites is 2. The average molecular weight is 278 g/mol. The molecule has 1 heterocycles. The lowest BCUT2D eigenvalue weighted by molar-refractivity contribution is -0.128. The van der Waals surface area contributed by atoms with E-state index in [1.165, 1.54) is 0 Å². The lowest BCUT2D eigenvalue weighted by Gasteiger charge is -2.28. The molecule has 2 unspecified atom stereocenters. The number of nitrogens with one attached hydrogen (secondary N) is 2. The second-order valence-corrected chi connectivity index (χ2v) is 4.93. The van der Waals surface area contributed by atoms with E-state index in [4.69, 9.17) is 9.47 Å². The molecular formula is C15H22N2O3. The van der Waals surface area contributed by atoms with Gasteiger partial charge in [-0.25, -0.2) is 0 Å². The third-order valence-electron chi connectivity index (χ3n) is 3.28. The predicted molar refractivity (Wildman–Crippen MR) is 78.1 cm³/mol. The summed E-state index contributed by atoms with van der Waals surface area (Å²) in [6, 6.07) is 7.67. The molecule has 0 saturated heterocycles. The maximum Gasteiger partial charge on any atom is 0.263 e. The SMILES string of the molecule is CCCC(COC)NC(=O)C1CNc2ccccc2O1. The Bertz CT molecular complexity index is 444. The summed E-state index contributed by atoms with van der Waals surface area (Å²) in [5.41, 5.74) is 0.929. The van der Waals surface area contributed by atoms with Gasteiger partial charge in [-0.2, -0.15) is 0 Å². The molecule has 0 bridgehead atoms. The van der Waals surface area contributed by atoms with Crippen molar-refractivity contribution in [1.29, 1.82) is 0 Å². The fourth-order valence-electron chi connectivity index (χ4n) is 2.30. The van der Waals surface area contributed by atoms with Gasteiger partial charge >= 0.3 is 0 Å². The quantitative estimate of drug-likeness (QED) is 0.833. The van der Waals surface area contributed by atoms with Crippen molar-refractivity contribution in [2.75, 3.05) is 25.6 Å². The monoisotopic (exact) mass is 278 g/mol. The van der Waals surface area contributed by atoms with Crippen LogP contribution >= 0.6 is 0 Å². The minimum atomic E-state index is -0.499. The Morgan fingerprint density at radius 2 is 2.35 bits per heavy atom. The molecule has 0 aliphatic carbocycles. The largest absolute Gasteiger partial charge is 0.477 e. The van der Waals surface area contributed by atoms with Crippen LogP contribution in [0.1, 0.15) is 19.8 Å². The van der Waals surface area contributed by atoms with Crippen LogP contribution in [0.4, 0.5) is 5.69 Å². The molecule has 1 amide bonds. The molecule has 5 heteroatoms. The zero-order valence-corrected chi connectivity index (χ0v) is 12.0. The fraction of sp³-hybridized carbons (Fsp3) is 0.533. The number of anilines is 1. The van der Waals surface area contributed by atoms with Gasteiger partial charge in [0, 0.05) is 7.11 Å². The van der Waals surface area contributed by atoms with E-state index in [1.54, 1.807) is 7.11 Å². The smallest absolute Gasteiger partial charge is 0.263 e. The molecule has 2 rings (SSSR count). The number of hydrogen-bond acceptors (Lipinski definition) is 4. The van der Waals surface area contributed by atoms with Crippen LogP contribution < -0.4 is 15.4 Å². The lowest BCUT2D eigenvalue weighted by atomic mass is 10.1. The molecule has 1 aromatic rings. The second-order valence-electron chi connectivity index (χ2n) is 4.93. The highest BCUT2D eigenvalue weighted by molar-refractivity contribution is 5.83. The van der Waals surface area contributed by atoms with Crippen molar-refractivity contribution in [3.05, 3.63) is 24.3 Å². The maximum absolute atomic E-state index is 12.2. The summed E-state index contributed by atoms with van der Waals surface area (Å²) in [6.45, 7) is 3.09. The van der Waals surface area contributed by atoms with E-state index in [2.05, 4.69) is 17.6 Å². The Kier molecular flexibility index (Phi) is 5.24. The van der Waals surface area contributed by atoms with Crippen molar-refractivity contribution >= 4 is 11.6 Å². The molecule has 0 fully saturated rings.